The van der Waals surface area contributed by atoms with E-state index in [0.29, 0.717) is 5.02 Å². The average Bonchev–Trinajstić information content (AvgIpc) is 2.21. The second kappa shape index (κ2) is 4.21. The highest BCUT2D eigenvalue weighted by molar-refractivity contribution is 7.99. The lowest BCUT2D eigenvalue weighted by Crippen LogP contribution is -2.25. The summed E-state index contributed by atoms with van der Waals surface area (Å²) in [6.45, 7) is 6.21. The minimum absolute atomic E-state index is 0.0477. The van der Waals surface area contributed by atoms with E-state index < -0.39 is 5.97 Å². The van der Waals surface area contributed by atoms with E-state index in [1.807, 2.05) is 6.92 Å². The Bertz CT molecular complexity index is 495. The van der Waals surface area contributed by atoms with E-state index in [4.69, 9.17) is 11.6 Å². The fourth-order valence-electron chi connectivity index (χ4n) is 2.26. The zero-order valence-electron chi connectivity index (χ0n) is 10.1. The van der Waals surface area contributed by atoms with Crippen molar-refractivity contribution in [1.82, 2.24) is 0 Å². The van der Waals surface area contributed by atoms with Crippen LogP contribution < -0.4 is 0 Å². The Hall–Kier alpha value is -0.670. The molecule has 1 N–H and O–H groups in total. The fourth-order valence-corrected chi connectivity index (χ4v) is 4.42. The molecule has 2 rings (SSSR count). The number of aryl methyl sites for hydroxylation is 1. The number of thioether (sulfide) groups is 1. The Labute approximate surface area is 110 Å². The fraction of sp³-hybridized carbons (Fsp3) is 0.462. The van der Waals surface area contributed by atoms with Crippen LogP contribution in [0.25, 0.3) is 0 Å². The zero-order valence-corrected chi connectivity index (χ0v) is 11.7. The second-order valence-corrected chi connectivity index (χ2v) is 6.53. The Balaban J connectivity index is 2.76. The summed E-state index contributed by atoms with van der Waals surface area (Å²) in [4.78, 5) is 12.3. The van der Waals surface area contributed by atoms with Crippen molar-refractivity contribution < 1.29 is 9.90 Å². The molecular formula is C13H15ClO2S. The van der Waals surface area contributed by atoms with Gasteiger partial charge in [-0.15, -0.1) is 11.8 Å². The van der Waals surface area contributed by atoms with Crippen molar-refractivity contribution in [2.24, 2.45) is 0 Å². The van der Waals surface area contributed by atoms with E-state index in [-0.39, 0.29) is 11.0 Å². The molecular weight excluding hydrogens is 256 g/mol. The standard InChI is InChI=1S/C13H15ClO2S/c1-7-6-8(12(15)16)10(14)9-11(7)17-5-4-13(9,2)3/h6H,4-5H2,1-3H3,(H,15,16). The van der Waals surface area contributed by atoms with Crippen LogP contribution in [-0.2, 0) is 5.41 Å². The van der Waals surface area contributed by atoms with Gasteiger partial charge in [0.1, 0.15) is 0 Å². The van der Waals surface area contributed by atoms with Crippen molar-refractivity contribution in [3.05, 3.63) is 27.8 Å². The smallest absolute Gasteiger partial charge is 0.337 e. The number of benzene rings is 1. The van der Waals surface area contributed by atoms with Gasteiger partial charge < -0.3 is 5.11 Å². The number of fused-ring (bicyclic) bond motifs is 1. The number of carboxylic acids is 1. The number of aromatic carboxylic acids is 1. The largest absolute Gasteiger partial charge is 0.478 e. The van der Waals surface area contributed by atoms with Crippen LogP contribution in [0.2, 0.25) is 5.02 Å². The molecule has 1 heterocycles. The van der Waals surface area contributed by atoms with Gasteiger partial charge in [0.25, 0.3) is 0 Å². The summed E-state index contributed by atoms with van der Waals surface area (Å²) in [6.07, 6.45) is 1.02. The highest BCUT2D eigenvalue weighted by atomic mass is 35.5. The lowest BCUT2D eigenvalue weighted by molar-refractivity contribution is 0.0696. The molecule has 0 amide bonds. The normalized spacial score (nSPS) is 17.6. The lowest BCUT2D eigenvalue weighted by Gasteiger charge is -2.34. The number of hydrogen-bond acceptors (Lipinski definition) is 2. The Morgan fingerprint density at radius 1 is 1.53 bits per heavy atom. The molecule has 2 nitrogen and oxygen atoms in total. The van der Waals surface area contributed by atoms with Gasteiger partial charge in [-0.1, -0.05) is 25.4 Å². The van der Waals surface area contributed by atoms with Gasteiger partial charge in [0.2, 0.25) is 0 Å². The molecule has 0 saturated carbocycles. The topological polar surface area (TPSA) is 37.3 Å². The van der Waals surface area contributed by atoms with Gasteiger partial charge in [-0.25, -0.2) is 4.79 Å². The Kier molecular flexibility index (Phi) is 3.17. The molecule has 0 unspecified atom stereocenters. The van der Waals surface area contributed by atoms with Gasteiger partial charge in [0.05, 0.1) is 10.6 Å². The highest BCUT2D eigenvalue weighted by Gasteiger charge is 2.33. The van der Waals surface area contributed by atoms with Gasteiger partial charge >= 0.3 is 5.97 Å². The van der Waals surface area contributed by atoms with E-state index in [0.717, 1.165) is 28.2 Å². The predicted octanol–water partition coefficient (Wildman–Crippen LogP) is 4.12. The summed E-state index contributed by atoms with van der Waals surface area (Å²) >= 11 is 8.06. The van der Waals surface area contributed by atoms with Crippen molar-refractivity contribution in [3.8, 4) is 0 Å². The molecule has 0 radical (unpaired) electrons. The maximum absolute atomic E-state index is 11.2. The summed E-state index contributed by atoms with van der Waals surface area (Å²) in [5, 5.41) is 9.58. The van der Waals surface area contributed by atoms with Crippen molar-refractivity contribution in [3.63, 3.8) is 0 Å². The minimum atomic E-state index is -0.952. The lowest BCUT2D eigenvalue weighted by atomic mass is 9.80. The Morgan fingerprint density at radius 2 is 2.18 bits per heavy atom. The molecule has 1 aromatic rings. The molecule has 0 atom stereocenters. The van der Waals surface area contributed by atoms with Crippen molar-refractivity contribution in [2.75, 3.05) is 5.75 Å². The summed E-state index contributed by atoms with van der Waals surface area (Å²) in [7, 11) is 0. The van der Waals surface area contributed by atoms with E-state index in [1.54, 1.807) is 17.8 Å². The molecule has 4 heteroatoms. The van der Waals surface area contributed by atoms with Gasteiger partial charge in [0, 0.05) is 4.90 Å². The molecule has 0 aromatic heterocycles. The average molecular weight is 271 g/mol. The van der Waals surface area contributed by atoms with Crippen LogP contribution in [0.3, 0.4) is 0 Å². The van der Waals surface area contributed by atoms with Crippen molar-refractivity contribution in [2.45, 2.75) is 37.5 Å². The summed E-state index contributed by atoms with van der Waals surface area (Å²) in [5.41, 5.74) is 2.19. The van der Waals surface area contributed by atoms with Gasteiger partial charge in [0.15, 0.2) is 0 Å². The minimum Gasteiger partial charge on any atom is -0.478 e. The first-order valence-electron chi connectivity index (χ1n) is 5.54. The molecule has 0 spiro atoms. The quantitative estimate of drug-likeness (QED) is 0.834. The SMILES string of the molecule is Cc1cc(C(=O)O)c(Cl)c2c1SCCC2(C)C. The maximum atomic E-state index is 11.2. The van der Waals surface area contributed by atoms with E-state index >= 15 is 0 Å². The number of carboxylic acid groups (broad SMARTS) is 1. The molecule has 92 valence electrons. The first-order chi connectivity index (χ1) is 7.84. The van der Waals surface area contributed by atoms with Crippen LogP contribution >= 0.6 is 23.4 Å². The molecule has 17 heavy (non-hydrogen) atoms. The van der Waals surface area contributed by atoms with Crippen molar-refractivity contribution in [1.29, 1.82) is 0 Å². The van der Waals surface area contributed by atoms with Crippen LogP contribution in [0.4, 0.5) is 0 Å². The maximum Gasteiger partial charge on any atom is 0.337 e. The van der Waals surface area contributed by atoms with Crippen LogP contribution in [0.5, 0.6) is 0 Å². The van der Waals surface area contributed by atoms with Crippen LogP contribution in [0.1, 0.15) is 41.8 Å². The second-order valence-electron chi connectivity index (χ2n) is 5.05. The monoisotopic (exact) mass is 270 g/mol. The number of halogens is 1. The molecule has 0 bridgehead atoms. The molecule has 0 fully saturated rings. The molecule has 1 aliphatic heterocycles. The summed E-state index contributed by atoms with van der Waals surface area (Å²) in [5.74, 6) is 0.108. The van der Waals surface area contributed by atoms with Crippen LogP contribution in [0, 0.1) is 6.92 Å². The van der Waals surface area contributed by atoms with E-state index in [1.165, 1.54) is 0 Å². The number of rotatable bonds is 1. The highest BCUT2D eigenvalue weighted by Crippen LogP contribution is 2.47. The molecule has 0 aliphatic carbocycles. The predicted molar refractivity (Wildman–Crippen MR) is 71.5 cm³/mol. The van der Waals surface area contributed by atoms with Crippen molar-refractivity contribution >= 4 is 29.3 Å². The number of carbonyl (C=O) groups is 1. The first kappa shape index (κ1) is 12.8. The van der Waals surface area contributed by atoms with E-state index in [9.17, 15) is 9.90 Å². The van der Waals surface area contributed by atoms with Crippen LogP contribution in [-0.4, -0.2) is 16.8 Å². The van der Waals surface area contributed by atoms with Crippen LogP contribution in [0.15, 0.2) is 11.0 Å². The third kappa shape index (κ3) is 2.06. The third-order valence-electron chi connectivity index (χ3n) is 3.28. The van der Waals surface area contributed by atoms with Gasteiger partial charge in [-0.2, -0.15) is 0 Å². The number of hydrogen-bond donors (Lipinski definition) is 1. The third-order valence-corrected chi connectivity index (χ3v) is 4.90. The molecule has 0 saturated heterocycles. The molecule has 1 aliphatic rings. The summed E-state index contributed by atoms with van der Waals surface area (Å²) in [6, 6.07) is 1.68. The van der Waals surface area contributed by atoms with Gasteiger partial charge in [-0.3, -0.25) is 0 Å². The zero-order chi connectivity index (χ0) is 12.8. The Morgan fingerprint density at radius 3 is 2.76 bits per heavy atom. The van der Waals surface area contributed by atoms with E-state index in [2.05, 4.69) is 13.8 Å². The van der Waals surface area contributed by atoms with Gasteiger partial charge in [-0.05, 0) is 41.7 Å². The first-order valence-corrected chi connectivity index (χ1v) is 6.90. The molecule has 1 aromatic carbocycles. The summed E-state index contributed by atoms with van der Waals surface area (Å²) < 4.78 is 0.